The van der Waals surface area contributed by atoms with E-state index >= 15 is 0 Å². The molecule has 1 aromatic heterocycles. The number of carbonyl (C=O) groups is 1. The van der Waals surface area contributed by atoms with Crippen molar-refractivity contribution in [1.29, 1.82) is 0 Å². The lowest BCUT2D eigenvalue weighted by atomic mass is 10.1. The van der Waals surface area contributed by atoms with E-state index in [1.54, 1.807) is 0 Å². The van der Waals surface area contributed by atoms with Crippen LogP contribution in [0.15, 0.2) is 60.0 Å². The number of nitrogens with zero attached hydrogens (tertiary/aromatic N) is 2. The van der Waals surface area contributed by atoms with Crippen LogP contribution in [0.3, 0.4) is 0 Å². The quantitative estimate of drug-likeness (QED) is 0.457. The van der Waals surface area contributed by atoms with Crippen LogP contribution in [0.5, 0.6) is 11.5 Å². The van der Waals surface area contributed by atoms with E-state index in [9.17, 15) is 4.79 Å². The van der Waals surface area contributed by atoms with E-state index in [2.05, 4.69) is 15.2 Å². The van der Waals surface area contributed by atoms with Gasteiger partial charge in [-0.15, -0.1) is 11.3 Å². The van der Waals surface area contributed by atoms with Gasteiger partial charge in [-0.2, -0.15) is 0 Å². The average Bonchev–Trinajstić information content (AvgIpc) is 3.20. The summed E-state index contributed by atoms with van der Waals surface area (Å²) in [4.78, 5) is 18.9. The van der Waals surface area contributed by atoms with Gasteiger partial charge in [-0.25, -0.2) is 4.98 Å². The van der Waals surface area contributed by atoms with Crippen LogP contribution < -0.4 is 14.8 Å². The summed E-state index contributed by atoms with van der Waals surface area (Å²) in [6, 6.07) is 17.4. The molecule has 6 nitrogen and oxygen atoms in total. The van der Waals surface area contributed by atoms with Crippen LogP contribution in [-0.2, 0) is 4.79 Å². The summed E-state index contributed by atoms with van der Waals surface area (Å²) in [6.07, 6.45) is 1.02. The Bertz CT molecular complexity index is 928. The Balaban J connectivity index is 1.49. The summed E-state index contributed by atoms with van der Waals surface area (Å²) in [5, 5.41) is 5.39. The van der Waals surface area contributed by atoms with E-state index in [0.29, 0.717) is 31.2 Å². The van der Waals surface area contributed by atoms with Crippen molar-refractivity contribution in [2.45, 2.75) is 12.8 Å². The summed E-state index contributed by atoms with van der Waals surface area (Å²) < 4.78 is 11.5. The molecule has 7 heteroatoms. The maximum Gasteiger partial charge on any atom is 0.226 e. The largest absolute Gasteiger partial charge is 0.494 e. The number of aromatic nitrogens is 1. The lowest BCUT2D eigenvalue weighted by Gasteiger charge is -2.13. The summed E-state index contributed by atoms with van der Waals surface area (Å²) in [5.41, 5.74) is 1.72. The van der Waals surface area contributed by atoms with Crippen molar-refractivity contribution in [3.63, 3.8) is 0 Å². The summed E-state index contributed by atoms with van der Waals surface area (Å²) in [5.74, 6) is 1.54. The third kappa shape index (κ3) is 6.86. The fraction of sp³-hybridized carbons (Fsp3) is 0.304. The number of nitrogens with one attached hydrogen (secondary N) is 1. The van der Waals surface area contributed by atoms with E-state index in [0.717, 1.165) is 29.3 Å². The zero-order valence-electron chi connectivity index (χ0n) is 17.3. The number of benzene rings is 2. The minimum absolute atomic E-state index is 0.0666. The molecule has 3 aromatic rings. The van der Waals surface area contributed by atoms with Crippen molar-refractivity contribution in [3.05, 3.63) is 60.0 Å². The zero-order chi connectivity index (χ0) is 21.2. The van der Waals surface area contributed by atoms with E-state index in [1.165, 1.54) is 11.3 Å². The van der Waals surface area contributed by atoms with Crippen molar-refractivity contribution in [2.75, 3.05) is 39.2 Å². The Kier molecular flexibility index (Phi) is 8.23. The predicted molar refractivity (Wildman–Crippen MR) is 121 cm³/mol. The Morgan fingerprint density at radius 1 is 1.03 bits per heavy atom. The van der Waals surface area contributed by atoms with Gasteiger partial charge in [0, 0.05) is 23.9 Å². The van der Waals surface area contributed by atoms with E-state index < -0.39 is 0 Å². The minimum Gasteiger partial charge on any atom is -0.494 e. The molecule has 0 radical (unpaired) electrons. The Morgan fingerprint density at radius 2 is 1.80 bits per heavy atom. The molecule has 0 unspecified atom stereocenters. The van der Waals surface area contributed by atoms with Crippen LogP contribution in [0.2, 0.25) is 0 Å². The van der Waals surface area contributed by atoms with Gasteiger partial charge in [-0.3, -0.25) is 4.79 Å². The summed E-state index contributed by atoms with van der Waals surface area (Å²) in [6.45, 7) is 1.93. The van der Waals surface area contributed by atoms with E-state index in [1.807, 2.05) is 74.1 Å². The van der Waals surface area contributed by atoms with Crippen LogP contribution in [0.1, 0.15) is 12.8 Å². The number of hydrogen-bond acceptors (Lipinski definition) is 6. The highest BCUT2D eigenvalue weighted by atomic mass is 32.1. The Labute approximate surface area is 181 Å². The fourth-order valence-electron chi connectivity index (χ4n) is 2.72. The molecule has 0 aliphatic heterocycles. The molecule has 1 amide bonds. The van der Waals surface area contributed by atoms with Gasteiger partial charge in [-0.05, 0) is 44.8 Å². The van der Waals surface area contributed by atoms with Crippen LogP contribution in [-0.4, -0.2) is 49.6 Å². The van der Waals surface area contributed by atoms with Crippen molar-refractivity contribution in [2.24, 2.45) is 0 Å². The fourth-order valence-corrected chi connectivity index (χ4v) is 3.45. The molecule has 0 fully saturated rings. The van der Waals surface area contributed by atoms with Gasteiger partial charge in [-0.1, -0.05) is 30.3 Å². The highest BCUT2D eigenvalue weighted by molar-refractivity contribution is 7.14. The minimum atomic E-state index is -0.0666. The number of para-hydroxylation sites is 2. The van der Waals surface area contributed by atoms with Crippen LogP contribution >= 0.6 is 11.3 Å². The van der Waals surface area contributed by atoms with Gasteiger partial charge < -0.3 is 19.7 Å². The highest BCUT2D eigenvalue weighted by Crippen LogP contribution is 2.32. The highest BCUT2D eigenvalue weighted by Gasteiger charge is 2.12. The van der Waals surface area contributed by atoms with E-state index in [-0.39, 0.29) is 5.91 Å². The molecule has 0 atom stereocenters. The average molecular weight is 426 g/mol. The maximum atomic E-state index is 12.2. The molecular weight excluding hydrogens is 398 g/mol. The van der Waals surface area contributed by atoms with E-state index in [4.69, 9.17) is 9.47 Å². The van der Waals surface area contributed by atoms with Gasteiger partial charge in [0.15, 0.2) is 5.13 Å². The van der Waals surface area contributed by atoms with Crippen LogP contribution in [0.4, 0.5) is 5.13 Å². The first-order valence-corrected chi connectivity index (χ1v) is 10.8. The molecule has 0 aliphatic rings. The number of ether oxygens (including phenoxy) is 2. The Hall–Kier alpha value is -2.90. The predicted octanol–water partition coefficient (Wildman–Crippen LogP) is 4.55. The topological polar surface area (TPSA) is 63.7 Å². The summed E-state index contributed by atoms with van der Waals surface area (Å²) in [7, 11) is 4.02. The van der Waals surface area contributed by atoms with Crippen LogP contribution in [0, 0.1) is 0 Å². The molecule has 0 bridgehead atoms. The molecule has 1 N–H and O–H groups in total. The van der Waals surface area contributed by atoms with Gasteiger partial charge in [0.2, 0.25) is 5.91 Å². The molecule has 0 saturated carbocycles. The summed E-state index contributed by atoms with van der Waals surface area (Å²) >= 11 is 1.41. The molecule has 0 aliphatic carbocycles. The smallest absolute Gasteiger partial charge is 0.226 e. The third-order valence-corrected chi connectivity index (χ3v) is 5.03. The number of likely N-dealkylation sites (N-methyl/N-ethyl adjacent to an activating group) is 1. The standard InChI is InChI=1S/C23H27N3O3S/c1-26(2)14-16-29-21-12-7-6-11-19(21)20-17-30-23(24-20)25-22(27)13-8-15-28-18-9-4-3-5-10-18/h3-7,9-12,17H,8,13-16H2,1-2H3,(H,24,25,27). The first-order chi connectivity index (χ1) is 14.6. The first kappa shape index (κ1) is 21.8. The second-order valence-electron chi connectivity index (χ2n) is 7.00. The number of amides is 1. The molecule has 2 aromatic carbocycles. The molecule has 3 rings (SSSR count). The lowest BCUT2D eigenvalue weighted by molar-refractivity contribution is -0.116. The van der Waals surface area contributed by atoms with Gasteiger partial charge in [0.25, 0.3) is 0 Å². The number of thiazole rings is 1. The third-order valence-electron chi connectivity index (χ3n) is 4.27. The van der Waals surface area contributed by atoms with Gasteiger partial charge in [0.1, 0.15) is 18.1 Å². The lowest BCUT2D eigenvalue weighted by Crippen LogP contribution is -2.19. The molecule has 0 spiro atoms. The molecule has 0 saturated heterocycles. The maximum absolute atomic E-state index is 12.2. The molecule has 158 valence electrons. The number of anilines is 1. The SMILES string of the molecule is CN(C)CCOc1ccccc1-c1csc(NC(=O)CCCOc2ccccc2)n1. The monoisotopic (exact) mass is 425 g/mol. The molecule has 1 heterocycles. The van der Waals surface area contributed by atoms with Crippen molar-refractivity contribution in [3.8, 4) is 22.8 Å². The first-order valence-electron chi connectivity index (χ1n) is 9.92. The normalized spacial score (nSPS) is 10.8. The van der Waals surface area contributed by atoms with Crippen LogP contribution in [0.25, 0.3) is 11.3 Å². The second kappa shape index (κ2) is 11.3. The van der Waals surface area contributed by atoms with Gasteiger partial charge >= 0.3 is 0 Å². The van der Waals surface area contributed by atoms with Gasteiger partial charge in [0.05, 0.1) is 12.3 Å². The Morgan fingerprint density at radius 3 is 2.60 bits per heavy atom. The number of rotatable bonds is 11. The second-order valence-corrected chi connectivity index (χ2v) is 7.86. The number of hydrogen-bond donors (Lipinski definition) is 1. The molecular formula is C23H27N3O3S. The van der Waals surface area contributed by atoms with Crippen molar-refractivity contribution < 1.29 is 14.3 Å². The zero-order valence-corrected chi connectivity index (χ0v) is 18.2. The number of carbonyl (C=O) groups excluding carboxylic acids is 1. The van der Waals surface area contributed by atoms with Crippen molar-refractivity contribution in [1.82, 2.24) is 9.88 Å². The molecule has 30 heavy (non-hydrogen) atoms. The van der Waals surface area contributed by atoms with Crippen molar-refractivity contribution >= 4 is 22.4 Å².